The number of ether oxygens (including phenoxy) is 1. The quantitative estimate of drug-likeness (QED) is 0.802. The standard InChI is InChI=1S/C15H22N3O4/c1-15(2,3)22-18(20)12-7-8-16-13(11-12)21-14(19)17-9-5-4-6-10-17/h7-8,11H,4-6,9-10H2,1-3H3/q+1. The molecule has 1 aliphatic rings. The van der Waals surface area contributed by atoms with Crippen molar-refractivity contribution in [1.82, 2.24) is 9.88 Å². The van der Waals surface area contributed by atoms with Gasteiger partial charge in [-0.15, -0.1) is 0 Å². The van der Waals surface area contributed by atoms with Crippen molar-refractivity contribution in [3.05, 3.63) is 23.2 Å². The lowest BCUT2D eigenvalue weighted by Crippen LogP contribution is -2.37. The van der Waals surface area contributed by atoms with E-state index in [0.717, 1.165) is 19.3 Å². The second-order valence-corrected chi connectivity index (χ2v) is 6.23. The van der Waals surface area contributed by atoms with Gasteiger partial charge in [-0.3, -0.25) is 0 Å². The van der Waals surface area contributed by atoms with Crippen LogP contribution in [-0.4, -0.2) is 39.6 Å². The second-order valence-electron chi connectivity index (χ2n) is 6.23. The number of aromatic nitrogens is 1. The van der Waals surface area contributed by atoms with E-state index in [-0.39, 0.29) is 11.6 Å². The fourth-order valence-electron chi connectivity index (χ4n) is 2.10. The molecule has 2 rings (SSSR count). The molecule has 0 aromatic carbocycles. The number of hydrogen-bond donors (Lipinski definition) is 0. The molecule has 22 heavy (non-hydrogen) atoms. The van der Waals surface area contributed by atoms with Gasteiger partial charge < -0.3 is 9.64 Å². The van der Waals surface area contributed by atoms with Gasteiger partial charge in [-0.2, -0.15) is 0 Å². The first-order chi connectivity index (χ1) is 10.3. The minimum Gasteiger partial charge on any atom is -0.391 e. The van der Waals surface area contributed by atoms with E-state index in [1.54, 1.807) is 25.7 Å². The third-order valence-corrected chi connectivity index (χ3v) is 3.09. The Bertz CT molecular complexity index is 548. The molecule has 0 atom stereocenters. The van der Waals surface area contributed by atoms with Crippen molar-refractivity contribution in [1.29, 1.82) is 0 Å². The van der Waals surface area contributed by atoms with E-state index in [9.17, 15) is 9.70 Å². The molecule has 0 spiro atoms. The van der Waals surface area contributed by atoms with Crippen molar-refractivity contribution >= 4 is 11.8 Å². The molecule has 0 saturated carbocycles. The zero-order valence-electron chi connectivity index (χ0n) is 13.2. The molecule has 0 N–H and O–H groups in total. The van der Waals surface area contributed by atoms with Crippen LogP contribution in [0.25, 0.3) is 0 Å². The number of pyridine rings is 1. The minimum absolute atomic E-state index is 0.0893. The first kappa shape index (κ1) is 16.2. The van der Waals surface area contributed by atoms with E-state index >= 15 is 0 Å². The summed E-state index contributed by atoms with van der Waals surface area (Å²) >= 11 is 0. The Labute approximate surface area is 129 Å². The lowest BCUT2D eigenvalue weighted by Gasteiger charge is -2.25. The van der Waals surface area contributed by atoms with Crippen LogP contribution in [0.5, 0.6) is 5.88 Å². The number of nitrogens with zero attached hydrogens (tertiary/aromatic N) is 3. The monoisotopic (exact) mass is 308 g/mol. The number of hydrogen-bond acceptors (Lipinski definition) is 5. The Balaban J connectivity index is 2.01. The molecule has 1 aromatic heterocycles. The van der Waals surface area contributed by atoms with Crippen LogP contribution in [0, 0.1) is 4.91 Å². The normalized spacial score (nSPS) is 15.3. The summed E-state index contributed by atoms with van der Waals surface area (Å²) in [7, 11) is 0. The summed E-state index contributed by atoms with van der Waals surface area (Å²) in [6.07, 6.45) is 4.07. The second kappa shape index (κ2) is 6.72. The molecule has 0 unspecified atom stereocenters. The van der Waals surface area contributed by atoms with Gasteiger partial charge in [-0.05, 0) is 40.0 Å². The Morgan fingerprint density at radius 3 is 2.59 bits per heavy atom. The lowest BCUT2D eigenvalue weighted by atomic mass is 10.1. The van der Waals surface area contributed by atoms with E-state index in [1.165, 1.54) is 18.3 Å². The molecular weight excluding hydrogens is 286 g/mol. The van der Waals surface area contributed by atoms with E-state index in [1.807, 2.05) is 0 Å². The first-order valence-corrected chi connectivity index (χ1v) is 7.44. The van der Waals surface area contributed by atoms with Crippen molar-refractivity contribution in [3.8, 4) is 5.88 Å². The molecule has 7 nitrogen and oxygen atoms in total. The van der Waals surface area contributed by atoms with Gasteiger partial charge in [0.2, 0.25) is 5.88 Å². The molecular formula is C15H22N3O4+. The smallest absolute Gasteiger partial charge is 0.391 e. The number of amides is 1. The highest BCUT2D eigenvalue weighted by Crippen LogP contribution is 2.21. The van der Waals surface area contributed by atoms with Crippen molar-refractivity contribution in [2.24, 2.45) is 0 Å². The third-order valence-electron chi connectivity index (χ3n) is 3.09. The summed E-state index contributed by atoms with van der Waals surface area (Å²) in [4.78, 5) is 35.1. The van der Waals surface area contributed by atoms with Crippen LogP contribution in [0.3, 0.4) is 0 Å². The number of piperidine rings is 1. The van der Waals surface area contributed by atoms with Crippen LogP contribution in [-0.2, 0) is 4.84 Å². The summed E-state index contributed by atoms with van der Waals surface area (Å²) in [6.45, 7) is 6.71. The third kappa shape index (κ3) is 4.68. The molecule has 0 radical (unpaired) electrons. The molecule has 7 heteroatoms. The van der Waals surface area contributed by atoms with Crippen molar-refractivity contribution in [2.45, 2.75) is 45.6 Å². The Morgan fingerprint density at radius 2 is 1.95 bits per heavy atom. The van der Waals surface area contributed by atoms with E-state index in [4.69, 9.17) is 9.57 Å². The largest absolute Gasteiger partial charge is 0.416 e. The van der Waals surface area contributed by atoms with Crippen LogP contribution < -0.4 is 4.74 Å². The Morgan fingerprint density at radius 1 is 1.27 bits per heavy atom. The molecule has 0 bridgehead atoms. The highest BCUT2D eigenvalue weighted by atomic mass is 16.8. The van der Waals surface area contributed by atoms with Gasteiger partial charge >= 0.3 is 11.8 Å². The Hall–Kier alpha value is -2.18. The summed E-state index contributed by atoms with van der Waals surface area (Å²) in [6, 6.07) is 2.89. The summed E-state index contributed by atoms with van der Waals surface area (Å²) in [5.74, 6) is 0.0893. The first-order valence-electron chi connectivity index (χ1n) is 7.44. The number of rotatable bonds is 3. The maximum absolute atomic E-state index is 12.0. The number of carbonyl (C=O) groups is 1. The fourth-order valence-corrected chi connectivity index (χ4v) is 2.10. The maximum atomic E-state index is 12.0. The highest BCUT2D eigenvalue weighted by molar-refractivity contribution is 5.70. The SMILES string of the molecule is CC(C)(C)O[N+](=O)c1ccnc(OC(=O)N2CCCCC2)c1. The average Bonchev–Trinajstić information content (AvgIpc) is 2.46. The average molecular weight is 308 g/mol. The van der Waals surface area contributed by atoms with Crippen LogP contribution in [0.2, 0.25) is 0 Å². The molecule has 120 valence electrons. The predicted octanol–water partition coefficient (Wildman–Crippen LogP) is 3.21. The van der Waals surface area contributed by atoms with Crippen molar-refractivity contribution in [2.75, 3.05) is 13.1 Å². The minimum atomic E-state index is -0.615. The van der Waals surface area contributed by atoms with Crippen molar-refractivity contribution < 1.29 is 19.3 Å². The fraction of sp³-hybridized carbons (Fsp3) is 0.600. The lowest BCUT2D eigenvalue weighted by molar-refractivity contribution is -0.766. The maximum Gasteiger partial charge on any atom is 0.416 e. The van der Waals surface area contributed by atoms with Gasteiger partial charge in [-0.1, -0.05) is 0 Å². The molecule has 2 heterocycles. The molecule has 1 saturated heterocycles. The van der Waals surface area contributed by atoms with Crippen LogP contribution in [0.1, 0.15) is 40.0 Å². The molecule has 1 amide bonds. The Kier molecular flexibility index (Phi) is 4.95. The van der Waals surface area contributed by atoms with Gasteiger partial charge in [-0.25, -0.2) is 14.6 Å². The van der Waals surface area contributed by atoms with Crippen LogP contribution in [0.4, 0.5) is 10.5 Å². The van der Waals surface area contributed by atoms with Crippen LogP contribution >= 0.6 is 0 Å². The van der Waals surface area contributed by atoms with Gasteiger partial charge in [0, 0.05) is 25.4 Å². The summed E-state index contributed by atoms with van der Waals surface area (Å²) in [5, 5.41) is 0. The zero-order chi connectivity index (χ0) is 16.2. The van der Waals surface area contributed by atoms with Crippen LogP contribution in [0.15, 0.2) is 18.3 Å². The number of likely N-dealkylation sites (tertiary alicyclic amines) is 1. The molecule has 1 fully saturated rings. The highest BCUT2D eigenvalue weighted by Gasteiger charge is 2.27. The van der Waals surface area contributed by atoms with E-state index < -0.39 is 11.7 Å². The summed E-state index contributed by atoms with van der Waals surface area (Å²) < 4.78 is 5.23. The topological polar surface area (TPSA) is 71.7 Å². The summed E-state index contributed by atoms with van der Waals surface area (Å²) in [5.41, 5.74) is -0.387. The van der Waals surface area contributed by atoms with Gasteiger partial charge in [0.05, 0.1) is 11.0 Å². The molecule has 1 aromatic rings. The van der Waals surface area contributed by atoms with E-state index in [2.05, 4.69) is 4.98 Å². The number of carbonyl (C=O) groups excluding carboxylic acids is 1. The van der Waals surface area contributed by atoms with E-state index in [0.29, 0.717) is 18.0 Å². The zero-order valence-corrected chi connectivity index (χ0v) is 13.2. The van der Waals surface area contributed by atoms with Crippen molar-refractivity contribution in [3.63, 3.8) is 0 Å². The van der Waals surface area contributed by atoms with Gasteiger partial charge in [0.1, 0.15) is 0 Å². The van der Waals surface area contributed by atoms with Gasteiger partial charge in [0.15, 0.2) is 5.60 Å². The molecule has 1 aliphatic heterocycles. The molecule has 0 aliphatic carbocycles. The van der Waals surface area contributed by atoms with Gasteiger partial charge in [0.25, 0.3) is 4.92 Å². The predicted molar refractivity (Wildman–Crippen MR) is 79.8 cm³/mol.